The average Bonchev–Trinajstić information content (AvgIpc) is 2.47. The van der Waals surface area contributed by atoms with E-state index < -0.39 is 0 Å². The topological polar surface area (TPSA) is 55.6 Å². The minimum Gasteiger partial charge on any atom is -0.381 e. The van der Waals surface area contributed by atoms with E-state index in [0.29, 0.717) is 12.5 Å². The van der Waals surface area contributed by atoms with Crippen molar-refractivity contribution in [1.82, 2.24) is 4.90 Å². The molecule has 4 nitrogen and oxygen atoms in total. The molecule has 2 aliphatic rings. The predicted octanol–water partition coefficient (Wildman–Crippen LogP) is -0.275. The highest BCUT2D eigenvalue weighted by molar-refractivity contribution is 5.79. The molecular weight excluding hydrogens is 168 g/mol. The van der Waals surface area contributed by atoms with Gasteiger partial charge in [-0.15, -0.1) is 0 Å². The van der Waals surface area contributed by atoms with Gasteiger partial charge in [0.1, 0.15) is 0 Å². The maximum absolute atomic E-state index is 11.5. The second kappa shape index (κ2) is 3.64. The third-order valence-corrected chi connectivity index (χ3v) is 2.82. The minimum absolute atomic E-state index is 0.0512. The number of likely N-dealkylation sites (tertiary alicyclic amines) is 1. The lowest BCUT2D eigenvalue weighted by Gasteiger charge is -2.31. The summed E-state index contributed by atoms with van der Waals surface area (Å²) in [4.78, 5) is 13.4. The number of rotatable bonds is 1. The van der Waals surface area contributed by atoms with Crippen LogP contribution in [0.15, 0.2) is 0 Å². The van der Waals surface area contributed by atoms with Gasteiger partial charge in [-0.3, -0.25) is 4.79 Å². The zero-order valence-corrected chi connectivity index (χ0v) is 7.74. The third kappa shape index (κ3) is 1.84. The van der Waals surface area contributed by atoms with Crippen LogP contribution >= 0.6 is 0 Å². The Bertz CT molecular complexity index is 202. The highest BCUT2D eigenvalue weighted by Gasteiger charge is 2.32. The molecule has 2 aliphatic heterocycles. The average molecular weight is 184 g/mol. The molecule has 0 spiro atoms. The Labute approximate surface area is 78.0 Å². The first-order valence-electron chi connectivity index (χ1n) is 4.90. The number of ether oxygens (including phenoxy) is 1. The summed E-state index contributed by atoms with van der Waals surface area (Å²) in [5, 5.41) is 0. The summed E-state index contributed by atoms with van der Waals surface area (Å²) in [5.74, 6) is 0.222. The number of nitrogens with two attached hydrogens (primary N) is 1. The molecule has 13 heavy (non-hydrogen) atoms. The summed E-state index contributed by atoms with van der Waals surface area (Å²) in [7, 11) is 0. The molecule has 0 aromatic rings. The lowest BCUT2D eigenvalue weighted by atomic mass is 10.1. The Morgan fingerprint density at radius 2 is 2.08 bits per heavy atom. The molecule has 0 aromatic heterocycles. The monoisotopic (exact) mass is 184 g/mol. The molecule has 1 unspecified atom stereocenters. The number of hydrogen-bond acceptors (Lipinski definition) is 3. The summed E-state index contributed by atoms with van der Waals surface area (Å²) in [6.45, 7) is 2.30. The van der Waals surface area contributed by atoms with Gasteiger partial charge in [0.2, 0.25) is 5.91 Å². The Morgan fingerprint density at radius 3 is 2.62 bits per heavy atom. The van der Waals surface area contributed by atoms with Gasteiger partial charge < -0.3 is 15.4 Å². The Kier molecular flexibility index (Phi) is 2.51. The van der Waals surface area contributed by atoms with Crippen LogP contribution in [0.5, 0.6) is 0 Å². The first-order chi connectivity index (χ1) is 6.27. The molecular formula is C9H16N2O2. The van der Waals surface area contributed by atoms with Crippen molar-refractivity contribution in [3.63, 3.8) is 0 Å². The van der Waals surface area contributed by atoms with Crippen molar-refractivity contribution < 1.29 is 9.53 Å². The quantitative estimate of drug-likeness (QED) is 0.610. The third-order valence-electron chi connectivity index (χ3n) is 2.82. The van der Waals surface area contributed by atoms with E-state index in [1.54, 1.807) is 0 Å². The summed E-state index contributed by atoms with van der Waals surface area (Å²) in [6.07, 6.45) is 2.47. The molecule has 0 aliphatic carbocycles. The largest absolute Gasteiger partial charge is 0.381 e. The molecule has 2 N–H and O–H groups in total. The van der Waals surface area contributed by atoms with E-state index in [-0.39, 0.29) is 11.9 Å². The molecule has 0 bridgehead atoms. The van der Waals surface area contributed by atoms with Gasteiger partial charge in [0, 0.05) is 38.3 Å². The predicted molar refractivity (Wildman–Crippen MR) is 48.1 cm³/mol. The number of amides is 1. The van der Waals surface area contributed by atoms with Crippen LogP contribution in [0.25, 0.3) is 0 Å². The van der Waals surface area contributed by atoms with E-state index in [1.807, 2.05) is 4.90 Å². The number of carbonyl (C=O) groups excluding carboxylic acids is 1. The first-order valence-corrected chi connectivity index (χ1v) is 4.90. The SMILES string of the molecule is NC1CC(=O)N(C2CCOCC2)C1. The van der Waals surface area contributed by atoms with Crippen LogP contribution in [0.4, 0.5) is 0 Å². The molecule has 2 fully saturated rings. The Balaban J connectivity index is 1.95. The lowest BCUT2D eigenvalue weighted by molar-refractivity contribution is -0.131. The van der Waals surface area contributed by atoms with E-state index in [2.05, 4.69) is 0 Å². The van der Waals surface area contributed by atoms with E-state index in [4.69, 9.17) is 10.5 Å². The fourth-order valence-electron chi connectivity index (χ4n) is 2.11. The highest BCUT2D eigenvalue weighted by atomic mass is 16.5. The standard InChI is InChI=1S/C9H16N2O2/c10-7-5-9(12)11(6-7)8-1-3-13-4-2-8/h7-8H,1-6,10H2. The Morgan fingerprint density at radius 1 is 1.38 bits per heavy atom. The number of hydrogen-bond donors (Lipinski definition) is 1. The van der Waals surface area contributed by atoms with E-state index in [0.717, 1.165) is 32.6 Å². The van der Waals surface area contributed by atoms with Crippen molar-refractivity contribution in [2.45, 2.75) is 31.3 Å². The van der Waals surface area contributed by atoms with Gasteiger partial charge in [0.25, 0.3) is 0 Å². The fourth-order valence-corrected chi connectivity index (χ4v) is 2.11. The van der Waals surface area contributed by atoms with Crippen molar-refractivity contribution >= 4 is 5.91 Å². The molecule has 1 atom stereocenters. The molecule has 2 saturated heterocycles. The summed E-state index contributed by atoms with van der Waals surface area (Å²) in [5.41, 5.74) is 5.73. The van der Waals surface area contributed by atoms with Crippen LogP contribution in [0.1, 0.15) is 19.3 Å². The molecule has 74 valence electrons. The van der Waals surface area contributed by atoms with Gasteiger partial charge in [0.05, 0.1) is 0 Å². The van der Waals surface area contributed by atoms with Crippen molar-refractivity contribution in [2.75, 3.05) is 19.8 Å². The van der Waals surface area contributed by atoms with Gasteiger partial charge in [-0.05, 0) is 12.8 Å². The van der Waals surface area contributed by atoms with Crippen LogP contribution < -0.4 is 5.73 Å². The van der Waals surface area contributed by atoms with Crippen LogP contribution in [0, 0.1) is 0 Å². The maximum Gasteiger partial charge on any atom is 0.224 e. The second-order valence-electron chi connectivity index (χ2n) is 3.85. The van der Waals surface area contributed by atoms with Gasteiger partial charge in [-0.25, -0.2) is 0 Å². The smallest absolute Gasteiger partial charge is 0.224 e. The highest BCUT2D eigenvalue weighted by Crippen LogP contribution is 2.20. The van der Waals surface area contributed by atoms with Crippen LogP contribution in [-0.2, 0) is 9.53 Å². The molecule has 4 heteroatoms. The normalized spacial score (nSPS) is 31.3. The minimum atomic E-state index is 0.0512. The van der Waals surface area contributed by atoms with E-state index in [9.17, 15) is 4.79 Å². The molecule has 1 amide bonds. The van der Waals surface area contributed by atoms with Gasteiger partial charge in [-0.1, -0.05) is 0 Å². The first kappa shape index (κ1) is 8.97. The molecule has 0 saturated carbocycles. The number of carbonyl (C=O) groups is 1. The van der Waals surface area contributed by atoms with Crippen LogP contribution in [0.3, 0.4) is 0 Å². The molecule has 2 heterocycles. The second-order valence-corrected chi connectivity index (χ2v) is 3.85. The van der Waals surface area contributed by atoms with Gasteiger partial charge in [-0.2, -0.15) is 0 Å². The van der Waals surface area contributed by atoms with E-state index in [1.165, 1.54) is 0 Å². The zero-order valence-electron chi connectivity index (χ0n) is 7.74. The molecule has 0 aromatic carbocycles. The van der Waals surface area contributed by atoms with Gasteiger partial charge >= 0.3 is 0 Å². The lowest BCUT2D eigenvalue weighted by Crippen LogP contribution is -2.41. The summed E-state index contributed by atoms with van der Waals surface area (Å²) in [6, 6.07) is 0.435. The fraction of sp³-hybridized carbons (Fsp3) is 0.889. The van der Waals surface area contributed by atoms with Crippen molar-refractivity contribution in [1.29, 1.82) is 0 Å². The van der Waals surface area contributed by atoms with Crippen LogP contribution in [0.2, 0.25) is 0 Å². The summed E-state index contributed by atoms with van der Waals surface area (Å²) < 4.78 is 5.25. The number of nitrogens with zero attached hydrogens (tertiary/aromatic N) is 1. The summed E-state index contributed by atoms with van der Waals surface area (Å²) >= 11 is 0. The zero-order chi connectivity index (χ0) is 9.26. The van der Waals surface area contributed by atoms with Crippen molar-refractivity contribution in [3.8, 4) is 0 Å². The molecule has 2 rings (SSSR count). The Hall–Kier alpha value is -0.610. The van der Waals surface area contributed by atoms with Crippen LogP contribution in [-0.4, -0.2) is 42.6 Å². The van der Waals surface area contributed by atoms with E-state index >= 15 is 0 Å². The maximum atomic E-state index is 11.5. The van der Waals surface area contributed by atoms with Gasteiger partial charge in [0.15, 0.2) is 0 Å². The van der Waals surface area contributed by atoms with Crippen molar-refractivity contribution in [3.05, 3.63) is 0 Å². The van der Waals surface area contributed by atoms with Crippen molar-refractivity contribution in [2.24, 2.45) is 5.73 Å². The molecule has 0 radical (unpaired) electrons.